The normalized spacial score (nSPS) is 20.9. The van der Waals surface area contributed by atoms with Crippen molar-refractivity contribution in [1.82, 2.24) is 20.0 Å². The van der Waals surface area contributed by atoms with E-state index < -0.39 is 53.1 Å². The first-order valence-corrected chi connectivity index (χ1v) is 15.8. The van der Waals surface area contributed by atoms with Crippen molar-refractivity contribution in [2.24, 2.45) is 17.1 Å². The molecule has 2 fully saturated rings. The lowest BCUT2D eigenvalue weighted by Gasteiger charge is -2.37. The third kappa shape index (κ3) is 7.27. The fourth-order valence-corrected chi connectivity index (χ4v) is 6.28. The molecule has 4 rings (SSSR count). The Morgan fingerprint density at radius 3 is 2.28 bits per heavy atom. The van der Waals surface area contributed by atoms with Crippen molar-refractivity contribution < 1.29 is 28.7 Å². The van der Waals surface area contributed by atoms with E-state index in [2.05, 4.69) is 10.6 Å². The minimum atomic E-state index is -0.978. The van der Waals surface area contributed by atoms with Gasteiger partial charge < -0.3 is 30.9 Å². The summed E-state index contributed by atoms with van der Waals surface area (Å²) in [7, 11) is 1.47. The Bertz CT molecular complexity index is 1490. The zero-order chi connectivity index (χ0) is 34.1. The highest BCUT2D eigenvalue weighted by Crippen LogP contribution is 2.38. The van der Waals surface area contributed by atoms with E-state index in [4.69, 9.17) is 10.5 Å². The van der Waals surface area contributed by atoms with Gasteiger partial charge in [-0.3, -0.25) is 24.1 Å². The maximum absolute atomic E-state index is 14.4. The number of amides is 5. The number of rotatable bonds is 7. The number of carbonyl (C=O) groups excluding carboxylic acids is 5. The third-order valence-corrected chi connectivity index (χ3v) is 8.83. The second-order valence-corrected chi connectivity index (χ2v) is 14.3. The van der Waals surface area contributed by atoms with Crippen LogP contribution in [0.3, 0.4) is 0 Å². The van der Waals surface area contributed by atoms with E-state index >= 15 is 0 Å². The Morgan fingerprint density at radius 2 is 1.65 bits per heavy atom. The number of hydrogen-bond donors (Lipinski definition) is 3. The van der Waals surface area contributed by atoms with Gasteiger partial charge in [-0.2, -0.15) is 0 Å². The number of ether oxygens (including phenoxy) is 1. The molecule has 2 aromatic carbocycles. The summed E-state index contributed by atoms with van der Waals surface area (Å²) in [6.07, 6.45) is -0.185. The summed E-state index contributed by atoms with van der Waals surface area (Å²) < 4.78 is 5.41. The first kappa shape index (κ1) is 34.7. The minimum absolute atomic E-state index is 0.121. The molecule has 0 unspecified atom stereocenters. The van der Waals surface area contributed by atoms with Gasteiger partial charge in [0.05, 0.1) is 24.5 Å². The molecule has 5 amide bonds. The first-order chi connectivity index (χ1) is 21.4. The van der Waals surface area contributed by atoms with E-state index in [9.17, 15) is 24.0 Å². The lowest BCUT2D eigenvalue weighted by Crippen LogP contribution is -2.60. The molecule has 0 aromatic heterocycles. The van der Waals surface area contributed by atoms with Gasteiger partial charge >= 0.3 is 6.09 Å². The molecule has 4 N–H and O–H groups in total. The van der Waals surface area contributed by atoms with E-state index in [1.807, 2.05) is 63.2 Å². The summed E-state index contributed by atoms with van der Waals surface area (Å²) in [6, 6.07) is 10.5. The number of nitrogens with zero attached hydrogens (tertiary/aromatic N) is 3. The highest BCUT2D eigenvalue weighted by molar-refractivity contribution is 6.03. The molecule has 12 nitrogen and oxygen atoms in total. The van der Waals surface area contributed by atoms with Gasteiger partial charge in [0.2, 0.25) is 23.6 Å². The molecule has 2 aliphatic heterocycles. The largest absolute Gasteiger partial charge is 0.444 e. The predicted octanol–water partition coefficient (Wildman–Crippen LogP) is 2.95. The van der Waals surface area contributed by atoms with Crippen LogP contribution in [0, 0.1) is 11.3 Å². The summed E-state index contributed by atoms with van der Waals surface area (Å²) in [5.74, 6) is -2.19. The minimum Gasteiger partial charge on any atom is -0.444 e. The van der Waals surface area contributed by atoms with Crippen molar-refractivity contribution in [2.75, 3.05) is 32.0 Å². The van der Waals surface area contributed by atoms with E-state index in [1.165, 1.54) is 11.9 Å². The maximum atomic E-state index is 14.4. The van der Waals surface area contributed by atoms with Crippen molar-refractivity contribution >= 4 is 46.2 Å². The van der Waals surface area contributed by atoms with E-state index in [-0.39, 0.29) is 30.8 Å². The SMILES string of the molecule is C[C@@H](C(=O)N[C@H](C(=O)N1CC[C@@H]2[C@H]1[C@@H](C(=O)Nc1cccc3ccccc13)CN2C(=O)CN)C(C)(C)C)N(C)C(=O)OC(C)(C)C. The van der Waals surface area contributed by atoms with Crippen molar-refractivity contribution in [3.8, 4) is 0 Å². The van der Waals surface area contributed by atoms with Gasteiger partial charge in [-0.25, -0.2) is 4.79 Å². The second kappa shape index (κ2) is 13.3. The second-order valence-electron chi connectivity index (χ2n) is 14.3. The Labute approximate surface area is 271 Å². The lowest BCUT2D eigenvalue weighted by atomic mass is 9.85. The number of nitrogens with one attached hydrogen (secondary N) is 2. The summed E-state index contributed by atoms with van der Waals surface area (Å²) in [5, 5.41) is 7.79. The lowest BCUT2D eigenvalue weighted by molar-refractivity contribution is -0.142. The summed E-state index contributed by atoms with van der Waals surface area (Å²) in [5.41, 5.74) is 4.93. The quantitative estimate of drug-likeness (QED) is 0.422. The molecule has 250 valence electrons. The van der Waals surface area contributed by atoms with E-state index in [1.54, 1.807) is 37.5 Å². The zero-order valence-electron chi connectivity index (χ0n) is 28.1. The van der Waals surface area contributed by atoms with Crippen molar-refractivity contribution in [3.63, 3.8) is 0 Å². The average molecular weight is 637 g/mol. The van der Waals surface area contributed by atoms with Crippen LogP contribution in [-0.4, -0.2) is 101 Å². The van der Waals surface area contributed by atoms with Gasteiger partial charge in [0.15, 0.2) is 0 Å². The van der Waals surface area contributed by atoms with Gasteiger partial charge in [-0.1, -0.05) is 57.2 Å². The molecule has 2 heterocycles. The molecule has 0 saturated carbocycles. The molecule has 2 aromatic rings. The van der Waals surface area contributed by atoms with Crippen LogP contribution in [0.1, 0.15) is 54.9 Å². The van der Waals surface area contributed by atoms with E-state index in [0.29, 0.717) is 18.7 Å². The molecule has 2 aliphatic rings. The van der Waals surface area contributed by atoms with Gasteiger partial charge in [0, 0.05) is 31.2 Å². The monoisotopic (exact) mass is 636 g/mol. The highest BCUT2D eigenvalue weighted by Gasteiger charge is 2.55. The topological polar surface area (TPSA) is 154 Å². The van der Waals surface area contributed by atoms with Crippen molar-refractivity contribution in [1.29, 1.82) is 0 Å². The molecule has 0 bridgehead atoms. The Morgan fingerprint density at radius 1 is 1.00 bits per heavy atom. The van der Waals surface area contributed by atoms with Crippen LogP contribution >= 0.6 is 0 Å². The van der Waals surface area contributed by atoms with Crippen LogP contribution < -0.4 is 16.4 Å². The smallest absolute Gasteiger partial charge is 0.410 e. The van der Waals surface area contributed by atoms with Crippen molar-refractivity contribution in [2.45, 2.75) is 84.7 Å². The Balaban J connectivity index is 1.59. The highest BCUT2D eigenvalue weighted by atomic mass is 16.6. The molecule has 2 saturated heterocycles. The number of likely N-dealkylation sites (N-methyl/N-ethyl adjacent to an activating group) is 1. The van der Waals surface area contributed by atoms with Crippen LogP contribution in [0.25, 0.3) is 10.8 Å². The molecule has 0 radical (unpaired) electrons. The number of anilines is 1. The molecular formula is C34H48N6O6. The maximum Gasteiger partial charge on any atom is 0.410 e. The summed E-state index contributed by atoms with van der Waals surface area (Å²) in [6.45, 7) is 12.5. The molecule has 46 heavy (non-hydrogen) atoms. The number of benzene rings is 2. The van der Waals surface area contributed by atoms with Gasteiger partial charge in [-0.15, -0.1) is 0 Å². The Hall–Kier alpha value is -4.19. The summed E-state index contributed by atoms with van der Waals surface area (Å²) in [4.78, 5) is 71.8. The van der Waals surface area contributed by atoms with Crippen LogP contribution in [0.4, 0.5) is 10.5 Å². The molecule has 0 aliphatic carbocycles. The number of likely N-dealkylation sites (tertiary alicyclic amines) is 2. The van der Waals surface area contributed by atoms with Crippen LogP contribution in [0.15, 0.2) is 42.5 Å². The van der Waals surface area contributed by atoms with E-state index in [0.717, 1.165) is 10.8 Å². The Kier molecular flexibility index (Phi) is 10.0. The number of carbonyl (C=O) groups is 5. The fourth-order valence-electron chi connectivity index (χ4n) is 6.28. The fraction of sp³-hybridized carbons (Fsp3) is 0.559. The summed E-state index contributed by atoms with van der Waals surface area (Å²) >= 11 is 0. The van der Waals surface area contributed by atoms with Gasteiger partial charge in [0.25, 0.3) is 0 Å². The molecular weight excluding hydrogens is 588 g/mol. The van der Waals surface area contributed by atoms with Crippen LogP contribution in [0.2, 0.25) is 0 Å². The molecule has 12 heteroatoms. The average Bonchev–Trinajstić information content (AvgIpc) is 3.58. The number of hydrogen-bond acceptors (Lipinski definition) is 7. The predicted molar refractivity (Wildman–Crippen MR) is 176 cm³/mol. The van der Waals surface area contributed by atoms with Crippen LogP contribution in [-0.2, 0) is 23.9 Å². The third-order valence-electron chi connectivity index (χ3n) is 8.83. The van der Waals surface area contributed by atoms with Gasteiger partial charge in [0.1, 0.15) is 17.7 Å². The van der Waals surface area contributed by atoms with Crippen molar-refractivity contribution in [3.05, 3.63) is 42.5 Å². The first-order valence-electron chi connectivity index (χ1n) is 15.8. The zero-order valence-corrected chi connectivity index (χ0v) is 28.1. The number of nitrogens with two attached hydrogens (primary N) is 1. The molecule has 5 atom stereocenters. The molecule has 0 spiro atoms. The standard InChI is InChI=1S/C34H48N6O6/c1-20(38(8)32(45)46-34(5,6)7)29(42)37-28(33(2,3)4)31(44)39-17-16-25-27(39)23(19-40(25)26(41)18-35)30(43)36-24-15-11-13-21-12-9-10-14-22(21)24/h9-15,20,23,25,27-28H,16-19,35H2,1-8H3,(H,36,43)(H,37,42)/t20-,23-,25+,27+,28+/m0/s1. The van der Waals surface area contributed by atoms with Crippen LogP contribution in [0.5, 0.6) is 0 Å². The number of fused-ring (bicyclic) bond motifs is 2. The van der Waals surface area contributed by atoms with Gasteiger partial charge in [-0.05, 0) is 51.0 Å².